The number of carbonyl (C=O) groups excluding carboxylic acids is 2. The number of hydrogen-bond donors (Lipinski definition) is 1. The number of nitrogens with zero attached hydrogens (tertiary/aromatic N) is 4. The molecule has 0 saturated heterocycles. The van der Waals surface area contributed by atoms with Crippen molar-refractivity contribution < 1.29 is 19.1 Å². The second kappa shape index (κ2) is 14.3. The quantitative estimate of drug-likeness (QED) is 0.196. The maximum absolute atomic E-state index is 13.7. The molecule has 9 nitrogen and oxygen atoms in total. The molecule has 0 saturated carbocycles. The molecule has 36 heavy (non-hydrogen) atoms. The number of rotatable bonds is 13. The lowest BCUT2D eigenvalue weighted by molar-refractivity contribution is -0.136. The van der Waals surface area contributed by atoms with Crippen LogP contribution in [0.15, 0.2) is 53.6 Å². The first-order valence-corrected chi connectivity index (χ1v) is 11.6. The molecule has 0 heterocycles. The predicted molar refractivity (Wildman–Crippen MR) is 138 cm³/mol. The molecule has 190 valence electrons. The summed E-state index contributed by atoms with van der Waals surface area (Å²) in [5.41, 5.74) is 10.5. The van der Waals surface area contributed by atoms with E-state index in [0.29, 0.717) is 17.9 Å². The second-order valence-corrected chi connectivity index (χ2v) is 8.68. The topological polar surface area (TPSA) is 117 Å². The smallest absolute Gasteiger partial charge is 0.246 e. The summed E-state index contributed by atoms with van der Waals surface area (Å²) in [6.07, 6.45) is 6.20. The van der Waals surface area contributed by atoms with Crippen molar-refractivity contribution in [3.63, 3.8) is 0 Å². The minimum atomic E-state index is -0.927. The van der Waals surface area contributed by atoms with Gasteiger partial charge in [0, 0.05) is 23.0 Å². The van der Waals surface area contributed by atoms with Crippen molar-refractivity contribution in [2.75, 3.05) is 20.8 Å². The lowest BCUT2D eigenvalue weighted by Crippen LogP contribution is -2.51. The zero-order chi connectivity index (χ0) is 26.5. The standard InChI is InChI=1S/C27H33N5O4/c1-6-14-32(18-21-12-13-22(35-4)17-25(21)36-5)27(34)24(16-20-10-8-7-9-11-20)29-26(33)23(30-31-28)15-19(2)3/h1,7-13,17,19,23-24H,14-16,18H2,2-5H3,(H,29,33)/t23-,24+/m1/s1. The number of hydrogen-bond acceptors (Lipinski definition) is 5. The summed E-state index contributed by atoms with van der Waals surface area (Å²) in [5.74, 6) is 2.96. The highest BCUT2D eigenvalue weighted by Gasteiger charge is 2.29. The van der Waals surface area contributed by atoms with Crippen LogP contribution in [-0.4, -0.2) is 49.6 Å². The molecule has 0 spiro atoms. The summed E-state index contributed by atoms with van der Waals surface area (Å²) < 4.78 is 10.7. The van der Waals surface area contributed by atoms with Gasteiger partial charge in [-0.15, -0.1) is 6.42 Å². The van der Waals surface area contributed by atoms with Gasteiger partial charge in [0.1, 0.15) is 23.6 Å². The lowest BCUT2D eigenvalue weighted by atomic mass is 10.0. The van der Waals surface area contributed by atoms with Crippen LogP contribution in [0.3, 0.4) is 0 Å². The third kappa shape index (κ3) is 8.26. The molecule has 2 aromatic rings. The van der Waals surface area contributed by atoms with E-state index in [9.17, 15) is 9.59 Å². The number of azide groups is 1. The Hall–Kier alpha value is -4.15. The number of terminal acetylenes is 1. The minimum Gasteiger partial charge on any atom is -0.497 e. The highest BCUT2D eigenvalue weighted by atomic mass is 16.5. The van der Waals surface area contributed by atoms with Gasteiger partial charge in [0.25, 0.3) is 0 Å². The van der Waals surface area contributed by atoms with Gasteiger partial charge in [-0.3, -0.25) is 9.59 Å². The molecule has 0 aliphatic heterocycles. The van der Waals surface area contributed by atoms with Gasteiger partial charge in [-0.05, 0) is 35.6 Å². The van der Waals surface area contributed by atoms with Crippen LogP contribution in [0.25, 0.3) is 10.4 Å². The van der Waals surface area contributed by atoms with Gasteiger partial charge in [0.05, 0.1) is 27.3 Å². The van der Waals surface area contributed by atoms with E-state index in [4.69, 9.17) is 21.4 Å². The molecule has 0 radical (unpaired) electrons. The van der Waals surface area contributed by atoms with Crippen molar-refractivity contribution in [3.8, 4) is 23.8 Å². The maximum atomic E-state index is 13.7. The molecule has 2 aromatic carbocycles. The average molecular weight is 492 g/mol. The van der Waals surface area contributed by atoms with E-state index in [1.165, 1.54) is 12.0 Å². The molecule has 2 rings (SSSR count). The molecule has 0 unspecified atom stereocenters. The van der Waals surface area contributed by atoms with Crippen LogP contribution in [-0.2, 0) is 22.6 Å². The third-order valence-corrected chi connectivity index (χ3v) is 5.53. The summed E-state index contributed by atoms with van der Waals surface area (Å²) in [4.78, 5) is 31.1. The van der Waals surface area contributed by atoms with E-state index in [-0.39, 0.29) is 31.3 Å². The van der Waals surface area contributed by atoms with Crippen LogP contribution in [0.5, 0.6) is 11.5 Å². The third-order valence-electron chi connectivity index (χ3n) is 5.53. The summed E-state index contributed by atoms with van der Waals surface area (Å²) >= 11 is 0. The zero-order valence-electron chi connectivity index (χ0n) is 21.2. The largest absolute Gasteiger partial charge is 0.497 e. The fourth-order valence-corrected chi connectivity index (χ4v) is 3.76. The minimum absolute atomic E-state index is 0.0287. The number of benzene rings is 2. The number of carbonyl (C=O) groups is 2. The van der Waals surface area contributed by atoms with Gasteiger partial charge in [0.15, 0.2) is 0 Å². The molecule has 0 aliphatic carbocycles. The molecule has 0 bridgehead atoms. The molecule has 2 atom stereocenters. The molecule has 1 N–H and O–H groups in total. The molecular weight excluding hydrogens is 458 g/mol. The molecule has 0 aromatic heterocycles. The fraction of sp³-hybridized carbons (Fsp3) is 0.407. The maximum Gasteiger partial charge on any atom is 0.246 e. The Kier molecular flexibility index (Phi) is 11.2. The van der Waals surface area contributed by atoms with Crippen LogP contribution < -0.4 is 14.8 Å². The number of nitrogens with one attached hydrogen (secondary N) is 1. The summed E-state index contributed by atoms with van der Waals surface area (Å²) in [6, 6.07) is 12.8. The Bertz CT molecular complexity index is 1110. The molecular formula is C27H33N5O4. The molecule has 0 fully saturated rings. The Morgan fingerprint density at radius 3 is 2.47 bits per heavy atom. The Labute approximate surface area is 212 Å². The average Bonchev–Trinajstić information content (AvgIpc) is 2.87. The van der Waals surface area contributed by atoms with Crippen molar-refractivity contribution >= 4 is 11.8 Å². The van der Waals surface area contributed by atoms with Gasteiger partial charge in [-0.25, -0.2) is 0 Å². The van der Waals surface area contributed by atoms with Gasteiger partial charge in [-0.2, -0.15) is 0 Å². The molecule has 0 aliphatic rings. The summed E-state index contributed by atoms with van der Waals surface area (Å²) in [5, 5.41) is 6.47. The Morgan fingerprint density at radius 1 is 1.17 bits per heavy atom. The van der Waals surface area contributed by atoms with Crippen LogP contribution in [0.4, 0.5) is 0 Å². The van der Waals surface area contributed by atoms with E-state index in [2.05, 4.69) is 21.3 Å². The summed E-state index contributed by atoms with van der Waals surface area (Å²) in [6.45, 7) is 4.05. The van der Waals surface area contributed by atoms with Crippen LogP contribution in [0, 0.1) is 18.3 Å². The first-order chi connectivity index (χ1) is 17.3. The normalized spacial score (nSPS) is 12.0. The number of ether oxygens (including phenoxy) is 2. The highest BCUT2D eigenvalue weighted by molar-refractivity contribution is 5.90. The summed E-state index contributed by atoms with van der Waals surface area (Å²) in [7, 11) is 3.09. The van der Waals surface area contributed by atoms with Crippen molar-refractivity contribution in [3.05, 3.63) is 70.1 Å². The van der Waals surface area contributed by atoms with E-state index < -0.39 is 18.0 Å². The molecule has 9 heteroatoms. The zero-order valence-corrected chi connectivity index (χ0v) is 21.2. The monoisotopic (exact) mass is 491 g/mol. The lowest BCUT2D eigenvalue weighted by Gasteiger charge is -2.28. The molecule has 2 amide bonds. The highest BCUT2D eigenvalue weighted by Crippen LogP contribution is 2.26. The first kappa shape index (κ1) is 28.1. The fourth-order valence-electron chi connectivity index (χ4n) is 3.76. The second-order valence-electron chi connectivity index (χ2n) is 8.68. The Balaban J connectivity index is 2.37. The van der Waals surface area contributed by atoms with E-state index in [1.807, 2.05) is 44.2 Å². The van der Waals surface area contributed by atoms with Gasteiger partial charge in [-0.1, -0.05) is 55.2 Å². The first-order valence-electron chi connectivity index (χ1n) is 11.6. The number of amides is 2. The van der Waals surface area contributed by atoms with Crippen LogP contribution >= 0.6 is 0 Å². The SMILES string of the molecule is C#CCN(Cc1ccc(OC)cc1OC)C(=O)[C@H](Cc1ccccc1)NC(=O)[C@@H](CC(C)C)N=[N+]=[N-]. The van der Waals surface area contributed by atoms with Gasteiger partial charge < -0.3 is 19.7 Å². The van der Waals surface area contributed by atoms with Gasteiger partial charge in [0.2, 0.25) is 11.8 Å². The van der Waals surface area contributed by atoms with Crippen LogP contribution in [0.2, 0.25) is 0 Å². The number of methoxy groups -OCH3 is 2. The van der Waals surface area contributed by atoms with E-state index in [0.717, 1.165) is 11.1 Å². The van der Waals surface area contributed by atoms with E-state index >= 15 is 0 Å². The predicted octanol–water partition coefficient (Wildman–Crippen LogP) is 4.12. The van der Waals surface area contributed by atoms with Crippen LogP contribution in [0.1, 0.15) is 31.4 Å². The van der Waals surface area contributed by atoms with Crippen molar-refractivity contribution in [1.29, 1.82) is 0 Å². The van der Waals surface area contributed by atoms with Crippen molar-refractivity contribution in [2.45, 2.75) is 45.3 Å². The van der Waals surface area contributed by atoms with E-state index in [1.54, 1.807) is 25.3 Å². The Morgan fingerprint density at radius 2 is 1.89 bits per heavy atom. The van der Waals surface area contributed by atoms with Gasteiger partial charge >= 0.3 is 0 Å². The van der Waals surface area contributed by atoms with Crippen molar-refractivity contribution in [2.24, 2.45) is 11.0 Å². The van der Waals surface area contributed by atoms with Crippen molar-refractivity contribution in [1.82, 2.24) is 10.2 Å².